The monoisotopic (exact) mass is 412 g/mol. The second kappa shape index (κ2) is 10.5. The summed E-state index contributed by atoms with van der Waals surface area (Å²) in [6, 6.07) is 8.30. The molecule has 162 valence electrons. The quantitative estimate of drug-likeness (QED) is 0.576. The number of amides is 1. The van der Waals surface area contributed by atoms with Gasteiger partial charge in [0.15, 0.2) is 0 Å². The van der Waals surface area contributed by atoms with Gasteiger partial charge in [0.05, 0.1) is 5.56 Å². The van der Waals surface area contributed by atoms with Crippen molar-refractivity contribution >= 4 is 11.7 Å². The first-order chi connectivity index (χ1) is 14.5. The number of aliphatic hydroxyl groups excluding tert-OH is 1. The molecule has 1 saturated heterocycles. The van der Waals surface area contributed by atoms with Crippen molar-refractivity contribution in [3.8, 4) is 11.1 Å². The van der Waals surface area contributed by atoms with E-state index < -0.39 is 0 Å². The van der Waals surface area contributed by atoms with Crippen LogP contribution in [0, 0.1) is 0 Å². The second-order valence-corrected chi connectivity index (χ2v) is 8.03. The van der Waals surface area contributed by atoms with Crippen LogP contribution in [0.2, 0.25) is 0 Å². The maximum Gasteiger partial charge on any atom is 0.255 e. The van der Waals surface area contributed by atoms with Crippen molar-refractivity contribution in [3.63, 3.8) is 0 Å². The van der Waals surface area contributed by atoms with E-state index in [4.69, 9.17) is 15.6 Å². The molecule has 0 radical (unpaired) electrons. The number of ether oxygens (including phenoxy) is 1. The topological polar surface area (TPSA) is 101 Å². The van der Waals surface area contributed by atoms with Crippen molar-refractivity contribution in [2.45, 2.75) is 31.7 Å². The van der Waals surface area contributed by atoms with E-state index in [1.807, 2.05) is 0 Å². The Bertz CT molecular complexity index is 864. The summed E-state index contributed by atoms with van der Waals surface area (Å²) < 4.78 is 5.53. The fourth-order valence-corrected chi connectivity index (χ4v) is 3.86. The lowest BCUT2D eigenvalue weighted by molar-refractivity contribution is 0.0850. The van der Waals surface area contributed by atoms with E-state index in [0.717, 1.165) is 43.7 Å². The minimum atomic E-state index is -0.275. The molecule has 7 heteroatoms. The molecule has 1 aromatic heterocycles. The zero-order valence-corrected chi connectivity index (χ0v) is 17.9. The standard InChI is InChI=1S/C23H32N4O3/c1-27(2)15-19-12-17(4-5-20(19)16-6-10-30-11-7-16)18-13-21(22(24)26-14-18)23(29)25-8-3-9-28/h4-5,12-14,16,28H,3,6-11,15H2,1-2H3,(H2,24,26)(H,25,29). The first-order valence-corrected chi connectivity index (χ1v) is 10.5. The second-order valence-electron chi connectivity index (χ2n) is 8.03. The number of pyridine rings is 1. The lowest BCUT2D eigenvalue weighted by atomic mass is 9.86. The van der Waals surface area contributed by atoms with Gasteiger partial charge in [-0.3, -0.25) is 4.79 Å². The fraction of sp³-hybridized carbons (Fsp3) is 0.478. The van der Waals surface area contributed by atoms with Crippen molar-refractivity contribution in [3.05, 3.63) is 47.2 Å². The molecule has 0 unspecified atom stereocenters. The Morgan fingerprint density at radius 1 is 1.27 bits per heavy atom. The highest BCUT2D eigenvalue weighted by Crippen LogP contribution is 2.33. The zero-order valence-electron chi connectivity index (χ0n) is 17.9. The van der Waals surface area contributed by atoms with Gasteiger partial charge in [0.25, 0.3) is 5.91 Å². The van der Waals surface area contributed by atoms with Crippen LogP contribution in [0.15, 0.2) is 30.5 Å². The predicted octanol–water partition coefficient (Wildman–Crippen LogP) is 2.40. The van der Waals surface area contributed by atoms with Crippen LogP contribution >= 0.6 is 0 Å². The number of anilines is 1. The maximum atomic E-state index is 12.5. The van der Waals surface area contributed by atoms with Gasteiger partial charge in [-0.1, -0.05) is 12.1 Å². The first-order valence-electron chi connectivity index (χ1n) is 10.5. The molecule has 2 heterocycles. The molecule has 30 heavy (non-hydrogen) atoms. The van der Waals surface area contributed by atoms with Crippen LogP contribution in [-0.2, 0) is 11.3 Å². The smallest absolute Gasteiger partial charge is 0.255 e. The summed E-state index contributed by atoms with van der Waals surface area (Å²) in [4.78, 5) is 18.9. The maximum absolute atomic E-state index is 12.5. The Balaban J connectivity index is 1.91. The van der Waals surface area contributed by atoms with E-state index in [2.05, 4.69) is 47.5 Å². The summed E-state index contributed by atoms with van der Waals surface area (Å²) in [5, 5.41) is 11.7. The number of carbonyl (C=O) groups excluding carboxylic acids is 1. The molecule has 2 aromatic rings. The molecule has 0 atom stereocenters. The van der Waals surface area contributed by atoms with Crippen molar-refractivity contribution in [1.29, 1.82) is 0 Å². The van der Waals surface area contributed by atoms with Gasteiger partial charge in [0.1, 0.15) is 5.82 Å². The largest absolute Gasteiger partial charge is 0.396 e. The minimum absolute atomic E-state index is 0.0299. The summed E-state index contributed by atoms with van der Waals surface area (Å²) in [5.74, 6) is 0.440. The molecule has 0 bridgehead atoms. The Hall–Kier alpha value is -2.48. The van der Waals surface area contributed by atoms with Gasteiger partial charge in [-0.25, -0.2) is 4.98 Å². The van der Waals surface area contributed by atoms with E-state index in [1.54, 1.807) is 12.3 Å². The number of nitrogens with two attached hydrogens (primary N) is 1. The third-order valence-corrected chi connectivity index (χ3v) is 5.41. The average molecular weight is 413 g/mol. The Morgan fingerprint density at radius 2 is 2.03 bits per heavy atom. The number of hydrogen-bond donors (Lipinski definition) is 3. The third-order valence-electron chi connectivity index (χ3n) is 5.41. The molecule has 3 rings (SSSR count). The highest BCUT2D eigenvalue weighted by molar-refractivity contribution is 5.99. The fourth-order valence-electron chi connectivity index (χ4n) is 3.86. The van der Waals surface area contributed by atoms with Crippen LogP contribution in [0.3, 0.4) is 0 Å². The molecule has 0 spiro atoms. The number of hydrogen-bond acceptors (Lipinski definition) is 6. The van der Waals surface area contributed by atoms with E-state index in [1.165, 1.54) is 11.1 Å². The molecular formula is C23H32N4O3. The minimum Gasteiger partial charge on any atom is -0.396 e. The van der Waals surface area contributed by atoms with Crippen LogP contribution < -0.4 is 11.1 Å². The number of nitrogen functional groups attached to an aromatic ring is 1. The zero-order chi connectivity index (χ0) is 21.5. The normalized spacial score (nSPS) is 14.8. The number of rotatable bonds is 8. The number of aliphatic hydroxyl groups is 1. The Labute approximate surface area is 178 Å². The highest BCUT2D eigenvalue weighted by Gasteiger charge is 2.20. The number of aromatic nitrogens is 1. The molecule has 0 aliphatic carbocycles. The molecular weight excluding hydrogens is 380 g/mol. The van der Waals surface area contributed by atoms with Crippen LogP contribution in [0.4, 0.5) is 5.82 Å². The molecule has 1 aromatic carbocycles. The predicted molar refractivity (Wildman–Crippen MR) is 118 cm³/mol. The van der Waals surface area contributed by atoms with Crippen LogP contribution in [0.5, 0.6) is 0 Å². The SMILES string of the molecule is CN(C)Cc1cc(-c2cnc(N)c(C(=O)NCCCO)c2)ccc1C1CCOCC1. The average Bonchev–Trinajstić information content (AvgIpc) is 2.74. The molecule has 1 fully saturated rings. The summed E-state index contributed by atoms with van der Waals surface area (Å²) in [6.07, 6.45) is 4.30. The van der Waals surface area contributed by atoms with Gasteiger partial charge in [-0.15, -0.1) is 0 Å². The summed E-state index contributed by atoms with van der Waals surface area (Å²) >= 11 is 0. The van der Waals surface area contributed by atoms with Crippen LogP contribution in [0.1, 0.15) is 46.7 Å². The number of nitrogens with one attached hydrogen (secondary N) is 1. The molecule has 4 N–H and O–H groups in total. The number of nitrogens with zero attached hydrogens (tertiary/aromatic N) is 2. The molecule has 1 aliphatic heterocycles. The molecule has 7 nitrogen and oxygen atoms in total. The highest BCUT2D eigenvalue weighted by atomic mass is 16.5. The van der Waals surface area contributed by atoms with Crippen LogP contribution in [0.25, 0.3) is 11.1 Å². The first kappa shape index (κ1) is 22.2. The summed E-state index contributed by atoms with van der Waals surface area (Å²) in [7, 11) is 4.14. The van der Waals surface area contributed by atoms with Gasteiger partial charge >= 0.3 is 0 Å². The number of carbonyl (C=O) groups is 1. The third kappa shape index (κ3) is 5.56. The summed E-state index contributed by atoms with van der Waals surface area (Å²) in [5.41, 5.74) is 10.8. The van der Waals surface area contributed by atoms with Crippen LogP contribution in [-0.4, -0.2) is 61.4 Å². The van der Waals surface area contributed by atoms with E-state index in [0.29, 0.717) is 24.4 Å². The summed E-state index contributed by atoms with van der Waals surface area (Å²) in [6.45, 7) is 2.89. The van der Waals surface area contributed by atoms with Crippen molar-refractivity contribution in [2.75, 3.05) is 46.2 Å². The van der Waals surface area contributed by atoms with Crippen molar-refractivity contribution < 1.29 is 14.6 Å². The van der Waals surface area contributed by atoms with E-state index in [9.17, 15) is 4.79 Å². The van der Waals surface area contributed by atoms with Gasteiger partial charge in [-0.05, 0) is 68.1 Å². The lowest BCUT2D eigenvalue weighted by Gasteiger charge is -2.26. The lowest BCUT2D eigenvalue weighted by Crippen LogP contribution is -2.26. The van der Waals surface area contributed by atoms with Crippen molar-refractivity contribution in [2.24, 2.45) is 0 Å². The van der Waals surface area contributed by atoms with E-state index >= 15 is 0 Å². The van der Waals surface area contributed by atoms with Gasteiger partial charge < -0.3 is 25.8 Å². The molecule has 1 aliphatic rings. The van der Waals surface area contributed by atoms with Crippen molar-refractivity contribution in [1.82, 2.24) is 15.2 Å². The Kier molecular flexibility index (Phi) is 7.79. The molecule has 1 amide bonds. The Morgan fingerprint density at radius 3 is 2.73 bits per heavy atom. The van der Waals surface area contributed by atoms with Gasteiger partial charge in [0.2, 0.25) is 0 Å². The van der Waals surface area contributed by atoms with E-state index in [-0.39, 0.29) is 18.3 Å². The van der Waals surface area contributed by atoms with Gasteiger partial charge in [0, 0.05) is 44.7 Å². The number of benzene rings is 1. The van der Waals surface area contributed by atoms with Gasteiger partial charge in [-0.2, -0.15) is 0 Å². The molecule has 0 saturated carbocycles.